The molecule has 0 saturated heterocycles. The molecule has 160 valence electrons. The van der Waals surface area contributed by atoms with Crippen molar-refractivity contribution in [3.63, 3.8) is 0 Å². The van der Waals surface area contributed by atoms with Gasteiger partial charge in [-0.1, -0.05) is 16.8 Å². The predicted octanol–water partition coefficient (Wildman–Crippen LogP) is 4.17. The van der Waals surface area contributed by atoms with Crippen LogP contribution >= 0.6 is 11.6 Å². The number of alkyl halides is 3. The van der Waals surface area contributed by atoms with Crippen LogP contribution in [-0.2, 0) is 7.05 Å². The van der Waals surface area contributed by atoms with Crippen LogP contribution < -0.4 is 4.74 Å². The van der Waals surface area contributed by atoms with Gasteiger partial charge in [-0.3, -0.25) is 0 Å². The first-order valence-corrected chi connectivity index (χ1v) is 9.10. The normalized spacial score (nSPS) is 12.7. The van der Waals surface area contributed by atoms with Crippen LogP contribution in [0, 0.1) is 0 Å². The second-order valence-electron chi connectivity index (χ2n) is 6.40. The van der Waals surface area contributed by atoms with E-state index >= 15 is 0 Å². The zero-order valence-corrected chi connectivity index (χ0v) is 16.5. The number of hydrogen-bond acceptors (Lipinski definition) is 7. The quantitative estimate of drug-likeness (QED) is 0.455. The first kappa shape index (κ1) is 20.8. The number of imidazole rings is 1. The summed E-state index contributed by atoms with van der Waals surface area (Å²) in [6, 6.07) is 8.17. The average Bonchev–Trinajstić information content (AvgIpc) is 3.34. The molecule has 0 amide bonds. The summed E-state index contributed by atoms with van der Waals surface area (Å²) in [7, 11) is 1.69. The third kappa shape index (κ3) is 4.67. The third-order valence-electron chi connectivity index (χ3n) is 4.21. The van der Waals surface area contributed by atoms with Crippen LogP contribution in [0.1, 0.15) is 17.5 Å². The molecule has 8 nitrogen and oxygen atoms in total. The van der Waals surface area contributed by atoms with E-state index in [1.54, 1.807) is 23.9 Å². The lowest BCUT2D eigenvalue weighted by Crippen LogP contribution is -2.16. The lowest BCUT2D eigenvalue weighted by atomic mass is 10.1. The van der Waals surface area contributed by atoms with Gasteiger partial charge in [0, 0.05) is 25.0 Å². The molecule has 0 aliphatic heterocycles. The van der Waals surface area contributed by atoms with E-state index in [2.05, 4.69) is 24.8 Å². The summed E-state index contributed by atoms with van der Waals surface area (Å²) in [6.07, 6.45) is -2.77. The minimum Gasteiger partial charge on any atom is -0.406 e. The van der Waals surface area contributed by atoms with Gasteiger partial charge >= 0.3 is 6.36 Å². The molecule has 1 aromatic carbocycles. The summed E-state index contributed by atoms with van der Waals surface area (Å²) in [5, 5.41) is 14.7. The summed E-state index contributed by atoms with van der Waals surface area (Å²) in [6.45, 7) is 0. The number of hydrogen-bond donors (Lipinski definition) is 1. The molecular formula is C19H13ClF3N5O3. The Morgan fingerprint density at radius 3 is 2.58 bits per heavy atom. The maximum atomic E-state index is 12.3. The van der Waals surface area contributed by atoms with Crippen molar-refractivity contribution in [3.8, 4) is 28.7 Å². The summed E-state index contributed by atoms with van der Waals surface area (Å²) in [5.74, 6) is 0.180. The first-order valence-electron chi connectivity index (χ1n) is 8.72. The van der Waals surface area contributed by atoms with Gasteiger partial charge in [-0.05, 0) is 42.0 Å². The van der Waals surface area contributed by atoms with E-state index < -0.39 is 12.5 Å². The van der Waals surface area contributed by atoms with Gasteiger partial charge < -0.3 is 18.9 Å². The minimum absolute atomic E-state index is 0.0763. The Morgan fingerprint density at radius 2 is 1.90 bits per heavy atom. The number of pyridine rings is 1. The number of aromatic nitrogens is 5. The second kappa shape index (κ2) is 8.00. The number of nitrogens with zero attached hydrogens (tertiary/aromatic N) is 5. The van der Waals surface area contributed by atoms with E-state index in [4.69, 9.17) is 16.1 Å². The second-order valence-corrected chi connectivity index (χ2v) is 6.79. The molecule has 0 fully saturated rings. The Hall–Kier alpha value is -3.44. The van der Waals surface area contributed by atoms with Gasteiger partial charge in [-0.25, -0.2) is 9.97 Å². The molecule has 1 atom stereocenters. The molecule has 0 aliphatic rings. The van der Waals surface area contributed by atoms with E-state index in [-0.39, 0.29) is 22.6 Å². The Bertz CT molecular complexity index is 1210. The van der Waals surface area contributed by atoms with Gasteiger partial charge in [-0.15, -0.1) is 13.2 Å². The molecule has 0 radical (unpaired) electrons. The smallest absolute Gasteiger partial charge is 0.406 e. The maximum absolute atomic E-state index is 12.3. The predicted molar refractivity (Wildman–Crippen MR) is 102 cm³/mol. The van der Waals surface area contributed by atoms with Crippen molar-refractivity contribution in [2.75, 3.05) is 0 Å². The number of ether oxygens (including phenoxy) is 1. The number of aliphatic hydroxyl groups is 1. The molecule has 4 aromatic rings. The monoisotopic (exact) mass is 451 g/mol. The van der Waals surface area contributed by atoms with Gasteiger partial charge in [0.1, 0.15) is 28.5 Å². The Labute approximate surface area is 177 Å². The number of halogens is 4. The third-order valence-corrected chi connectivity index (χ3v) is 4.42. The highest BCUT2D eigenvalue weighted by molar-refractivity contribution is 6.29. The van der Waals surface area contributed by atoms with Crippen molar-refractivity contribution in [1.29, 1.82) is 0 Å². The standard InChI is InChI=1S/C19H13ClF3N5O3/c1-28-9-13(25-17(28)15(29)11-6-7-24-14(20)8-11)18-26-16(27-31-18)10-2-4-12(5-3-10)30-19(21,22)23/h2-9,15,29H,1H3. The lowest BCUT2D eigenvalue weighted by molar-refractivity contribution is -0.274. The van der Waals surface area contributed by atoms with Crippen molar-refractivity contribution in [2.24, 2.45) is 7.05 Å². The van der Waals surface area contributed by atoms with E-state index in [1.165, 1.54) is 24.4 Å². The van der Waals surface area contributed by atoms with Crippen LogP contribution in [0.5, 0.6) is 5.75 Å². The number of aryl methyl sites for hydroxylation is 1. The van der Waals surface area contributed by atoms with Crippen molar-refractivity contribution in [2.45, 2.75) is 12.5 Å². The Morgan fingerprint density at radius 1 is 1.16 bits per heavy atom. The fourth-order valence-corrected chi connectivity index (χ4v) is 3.01. The largest absolute Gasteiger partial charge is 0.573 e. The van der Waals surface area contributed by atoms with E-state index in [9.17, 15) is 18.3 Å². The zero-order chi connectivity index (χ0) is 22.2. The molecule has 3 aromatic heterocycles. The number of benzene rings is 1. The van der Waals surface area contributed by atoms with Crippen molar-refractivity contribution < 1.29 is 27.5 Å². The maximum Gasteiger partial charge on any atom is 0.573 e. The summed E-state index contributed by atoms with van der Waals surface area (Å²) < 4.78 is 47.5. The number of rotatable bonds is 5. The zero-order valence-electron chi connectivity index (χ0n) is 15.7. The number of aliphatic hydroxyl groups excluding tert-OH is 1. The summed E-state index contributed by atoms with van der Waals surface area (Å²) in [5.41, 5.74) is 1.24. The van der Waals surface area contributed by atoms with Crippen LogP contribution in [0.4, 0.5) is 13.2 Å². The van der Waals surface area contributed by atoms with E-state index in [1.807, 2.05) is 0 Å². The Balaban J connectivity index is 1.56. The highest BCUT2D eigenvalue weighted by Gasteiger charge is 2.31. The van der Waals surface area contributed by atoms with Crippen LogP contribution in [-0.4, -0.2) is 36.1 Å². The summed E-state index contributed by atoms with van der Waals surface area (Å²) in [4.78, 5) is 12.5. The SMILES string of the molecule is Cn1cc(-c2nc(-c3ccc(OC(F)(F)F)cc3)no2)nc1C(O)c1ccnc(Cl)c1. The summed E-state index contributed by atoms with van der Waals surface area (Å²) >= 11 is 5.87. The van der Waals surface area contributed by atoms with Gasteiger partial charge in [0.2, 0.25) is 5.82 Å². The molecule has 12 heteroatoms. The first-order chi connectivity index (χ1) is 14.7. The average molecular weight is 452 g/mol. The molecule has 3 heterocycles. The fourth-order valence-electron chi connectivity index (χ4n) is 2.82. The van der Waals surface area contributed by atoms with Crippen LogP contribution in [0.3, 0.4) is 0 Å². The highest BCUT2D eigenvalue weighted by Crippen LogP contribution is 2.28. The molecular weight excluding hydrogens is 439 g/mol. The molecule has 0 aliphatic carbocycles. The van der Waals surface area contributed by atoms with Crippen molar-refractivity contribution in [1.82, 2.24) is 24.7 Å². The van der Waals surface area contributed by atoms with Crippen LogP contribution in [0.15, 0.2) is 53.3 Å². The van der Waals surface area contributed by atoms with Crippen LogP contribution in [0.2, 0.25) is 5.15 Å². The van der Waals surface area contributed by atoms with E-state index in [0.29, 0.717) is 22.6 Å². The molecule has 0 bridgehead atoms. The highest BCUT2D eigenvalue weighted by atomic mass is 35.5. The molecule has 0 saturated carbocycles. The molecule has 0 spiro atoms. The van der Waals surface area contributed by atoms with Gasteiger partial charge in [0.15, 0.2) is 0 Å². The lowest BCUT2D eigenvalue weighted by Gasteiger charge is -2.10. The van der Waals surface area contributed by atoms with Gasteiger partial charge in [-0.2, -0.15) is 4.98 Å². The molecule has 4 rings (SSSR count). The van der Waals surface area contributed by atoms with Gasteiger partial charge in [0.05, 0.1) is 0 Å². The van der Waals surface area contributed by atoms with Crippen LogP contribution in [0.25, 0.3) is 23.0 Å². The topological polar surface area (TPSA) is 99.1 Å². The van der Waals surface area contributed by atoms with E-state index in [0.717, 1.165) is 12.1 Å². The van der Waals surface area contributed by atoms with Crippen molar-refractivity contribution >= 4 is 11.6 Å². The molecule has 1 unspecified atom stereocenters. The fraction of sp³-hybridized carbons (Fsp3) is 0.158. The van der Waals surface area contributed by atoms with Gasteiger partial charge in [0.25, 0.3) is 5.89 Å². The Kier molecular flexibility index (Phi) is 5.38. The van der Waals surface area contributed by atoms with Crippen molar-refractivity contribution in [3.05, 3.63) is 65.3 Å². The molecule has 1 N–H and O–H groups in total. The minimum atomic E-state index is -4.77. The molecule has 31 heavy (non-hydrogen) atoms.